The third-order valence-electron chi connectivity index (χ3n) is 4.86. The van der Waals surface area contributed by atoms with Crippen LogP contribution in [0.3, 0.4) is 0 Å². The zero-order valence-corrected chi connectivity index (χ0v) is 17.0. The fourth-order valence-electron chi connectivity index (χ4n) is 3.11. The maximum Gasteiger partial charge on any atom is 0.251 e. The molecule has 7 heteroatoms. The third-order valence-corrected chi connectivity index (χ3v) is 6.68. The summed E-state index contributed by atoms with van der Waals surface area (Å²) in [5, 5.41) is 2.88. The molecule has 1 saturated heterocycles. The van der Waals surface area contributed by atoms with Crippen LogP contribution in [0.25, 0.3) is 0 Å². The first-order chi connectivity index (χ1) is 13.4. The van der Waals surface area contributed by atoms with Gasteiger partial charge in [-0.1, -0.05) is 29.8 Å². The van der Waals surface area contributed by atoms with Crippen molar-refractivity contribution >= 4 is 15.9 Å². The summed E-state index contributed by atoms with van der Waals surface area (Å²) in [6, 6.07) is 13.8. The zero-order valence-electron chi connectivity index (χ0n) is 16.2. The second kappa shape index (κ2) is 8.86. The first kappa shape index (κ1) is 20.5. The number of hydrogen-bond acceptors (Lipinski definition) is 4. The van der Waals surface area contributed by atoms with Gasteiger partial charge in [-0.25, -0.2) is 8.42 Å². The molecule has 1 atom stereocenters. The van der Waals surface area contributed by atoms with Gasteiger partial charge in [0.25, 0.3) is 5.91 Å². The molecule has 0 bridgehead atoms. The molecule has 0 unspecified atom stereocenters. The lowest BCUT2D eigenvalue weighted by molar-refractivity contribution is 0.0858. The molecular formula is C21H26N2O4S. The number of aryl methyl sites for hydroxylation is 1. The average Bonchev–Trinajstić information content (AvgIpc) is 3.20. The van der Waals surface area contributed by atoms with Crippen LogP contribution in [0.1, 0.15) is 34.3 Å². The van der Waals surface area contributed by atoms with Crippen LogP contribution in [0.15, 0.2) is 53.4 Å². The van der Waals surface area contributed by atoms with Gasteiger partial charge in [0.05, 0.1) is 11.0 Å². The van der Waals surface area contributed by atoms with Gasteiger partial charge in [-0.05, 0) is 49.6 Å². The summed E-state index contributed by atoms with van der Waals surface area (Å²) in [6.07, 6.45) is 2.11. The number of carbonyl (C=O) groups is 1. The van der Waals surface area contributed by atoms with E-state index >= 15 is 0 Å². The molecule has 0 radical (unpaired) electrons. The number of nitrogens with zero attached hydrogens (tertiary/aromatic N) is 1. The molecule has 2 aromatic rings. The molecule has 6 nitrogen and oxygen atoms in total. The minimum absolute atomic E-state index is 0.101. The van der Waals surface area contributed by atoms with Crippen LogP contribution in [-0.2, 0) is 21.3 Å². The molecule has 3 rings (SSSR count). The van der Waals surface area contributed by atoms with E-state index in [-0.39, 0.29) is 23.5 Å². The highest BCUT2D eigenvalue weighted by molar-refractivity contribution is 7.89. The Hall–Kier alpha value is -2.22. The predicted molar refractivity (Wildman–Crippen MR) is 108 cm³/mol. The molecule has 0 aliphatic carbocycles. The van der Waals surface area contributed by atoms with E-state index in [1.165, 1.54) is 4.31 Å². The molecule has 0 aromatic heterocycles. The minimum atomic E-state index is -3.56. The molecule has 150 valence electrons. The van der Waals surface area contributed by atoms with E-state index in [0.29, 0.717) is 12.1 Å². The SMILES string of the molecule is Cc1ccc(S(=O)(=O)N(C)Cc2ccc(C(=O)NC[C@@H]3CCCO3)cc2)cc1. The summed E-state index contributed by atoms with van der Waals surface area (Å²) in [4.78, 5) is 12.5. The van der Waals surface area contributed by atoms with Crippen molar-refractivity contribution in [1.82, 2.24) is 9.62 Å². The second-order valence-corrected chi connectivity index (χ2v) is 9.16. The van der Waals surface area contributed by atoms with Gasteiger partial charge < -0.3 is 10.1 Å². The lowest BCUT2D eigenvalue weighted by Gasteiger charge is -2.17. The zero-order chi connectivity index (χ0) is 20.1. The normalized spacial score (nSPS) is 17.0. The van der Waals surface area contributed by atoms with Crippen LogP contribution in [-0.4, -0.2) is 44.9 Å². The van der Waals surface area contributed by atoms with Gasteiger partial charge in [0.1, 0.15) is 0 Å². The van der Waals surface area contributed by atoms with Crippen LogP contribution in [0.4, 0.5) is 0 Å². The maximum absolute atomic E-state index is 12.7. The number of rotatable bonds is 7. The smallest absolute Gasteiger partial charge is 0.251 e. The Balaban J connectivity index is 1.59. The highest BCUT2D eigenvalue weighted by atomic mass is 32.2. The van der Waals surface area contributed by atoms with Crippen LogP contribution in [0, 0.1) is 6.92 Å². The molecule has 1 N–H and O–H groups in total. The standard InChI is InChI=1S/C21H26N2O4S/c1-16-5-11-20(12-6-16)28(25,26)23(2)15-17-7-9-18(10-8-17)21(24)22-14-19-4-3-13-27-19/h5-12,19H,3-4,13-15H2,1-2H3,(H,22,24)/t19-/m0/s1. The summed E-state index contributed by atoms with van der Waals surface area (Å²) in [7, 11) is -2.01. The van der Waals surface area contributed by atoms with Gasteiger partial charge in [-0.2, -0.15) is 4.31 Å². The highest BCUT2D eigenvalue weighted by Crippen LogP contribution is 2.18. The molecule has 0 saturated carbocycles. The van der Waals surface area contributed by atoms with Crippen LogP contribution < -0.4 is 5.32 Å². The summed E-state index contributed by atoms with van der Waals surface area (Å²) >= 11 is 0. The maximum atomic E-state index is 12.7. The monoisotopic (exact) mass is 402 g/mol. The van der Waals surface area contributed by atoms with Crippen molar-refractivity contribution in [1.29, 1.82) is 0 Å². The van der Waals surface area contributed by atoms with Crippen molar-refractivity contribution in [2.45, 2.75) is 37.3 Å². The van der Waals surface area contributed by atoms with E-state index in [1.807, 2.05) is 6.92 Å². The lowest BCUT2D eigenvalue weighted by atomic mass is 10.1. The summed E-state index contributed by atoms with van der Waals surface area (Å²) < 4.78 is 32.2. The molecule has 28 heavy (non-hydrogen) atoms. The topological polar surface area (TPSA) is 75.7 Å². The Bertz CT molecular complexity index is 902. The fourth-order valence-corrected chi connectivity index (χ4v) is 4.27. The molecule has 2 aromatic carbocycles. The van der Waals surface area contributed by atoms with E-state index in [4.69, 9.17) is 4.74 Å². The van der Waals surface area contributed by atoms with Gasteiger partial charge in [0, 0.05) is 32.3 Å². The Kier molecular flexibility index (Phi) is 6.49. The van der Waals surface area contributed by atoms with Crippen molar-refractivity contribution in [3.05, 3.63) is 65.2 Å². The number of ether oxygens (including phenoxy) is 1. The summed E-state index contributed by atoms with van der Waals surface area (Å²) in [5.41, 5.74) is 2.37. The lowest BCUT2D eigenvalue weighted by Crippen LogP contribution is -2.31. The van der Waals surface area contributed by atoms with Crippen LogP contribution >= 0.6 is 0 Å². The van der Waals surface area contributed by atoms with Crippen LogP contribution in [0.5, 0.6) is 0 Å². The summed E-state index contributed by atoms with van der Waals surface area (Å²) in [5.74, 6) is -0.150. The van der Waals surface area contributed by atoms with Gasteiger partial charge in [-0.15, -0.1) is 0 Å². The molecular weight excluding hydrogens is 376 g/mol. The predicted octanol–water partition coefficient (Wildman–Crippen LogP) is 2.72. The largest absolute Gasteiger partial charge is 0.376 e. The Morgan fingerprint density at radius 2 is 1.82 bits per heavy atom. The summed E-state index contributed by atoms with van der Waals surface area (Å²) in [6.45, 7) is 3.42. The van der Waals surface area contributed by atoms with Crippen molar-refractivity contribution in [2.75, 3.05) is 20.2 Å². The molecule has 1 heterocycles. The van der Waals surface area contributed by atoms with Crippen molar-refractivity contribution in [3.63, 3.8) is 0 Å². The number of hydrogen-bond donors (Lipinski definition) is 1. The molecule has 0 spiro atoms. The number of benzene rings is 2. The van der Waals surface area contributed by atoms with Crippen molar-refractivity contribution < 1.29 is 17.9 Å². The van der Waals surface area contributed by atoms with E-state index < -0.39 is 10.0 Å². The molecule has 1 fully saturated rings. The number of nitrogens with one attached hydrogen (secondary N) is 1. The third kappa shape index (κ3) is 4.98. The highest BCUT2D eigenvalue weighted by Gasteiger charge is 2.21. The van der Waals surface area contributed by atoms with Gasteiger partial charge in [0.2, 0.25) is 10.0 Å². The Morgan fingerprint density at radius 1 is 1.14 bits per heavy atom. The Morgan fingerprint density at radius 3 is 2.43 bits per heavy atom. The van der Waals surface area contributed by atoms with Gasteiger partial charge in [0.15, 0.2) is 0 Å². The first-order valence-corrected chi connectivity index (χ1v) is 10.8. The molecule has 1 aliphatic rings. The number of sulfonamides is 1. The first-order valence-electron chi connectivity index (χ1n) is 9.38. The quantitative estimate of drug-likeness (QED) is 0.773. The van der Waals surface area contributed by atoms with E-state index in [1.54, 1.807) is 55.6 Å². The van der Waals surface area contributed by atoms with E-state index in [2.05, 4.69) is 5.32 Å². The Labute approximate surface area is 166 Å². The fraction of sp³-hybridized carbons (Fsp3) is 0.381. The van der Waals surface area contributed by atoms with E-state index in [0.717, 1.165) is 30.6 Å². The van der Waals surface area contributed by atoms with Crippen molar-refractivity contribution in [3.8, 4) is 0 Å². The van der Waals surface area contributed by atoms with Gasteiger partial charge in [-0.3, -0.25) is 4.79 Å². The van der Waals surface area contributed by atoms with Gasteiger partial charge >= 0.3 is 0 Å². The second-order valence-electron chi connectivity index (χ2n) is 7.12. The van der Waals surface area contributed by atoms with Crippen molar-refractivity contribution in [2.24, 2.45) is 0 Å². The number of amides is 1. The molecule has 1 aliphatic heterocycles. The minimum Gasteiger partial charge on any atom is -0.376 e. The average molecular weight is 403 g/mol. The van der Waals surface area contributed by atoms with Crippen LogP contribution in [0.2, 0.25) is 0 Å². The van der Waals surface area contributed by atoms with E-state index in [9.17, 15) is 13.2 Å². The molecule has 1 amide bonds. The number of carbonyl (C=O) groups excluding carboxylic acids is 1.